The fourth-order valence-corrected chi connectivity index (χ4v) is 4.05. The minimum absolute atomic E-state index is 0.0819. The van der Waals surface area contributed by atoms with E-state index in [2.05, 4.69) is 20.4 Å². The predicted octanol–water partition coefficient (Wildman–Crippen LogP) is 4.08. The lowest BCUT2D eigenvalue weighted by molar-refractivity contribution is 0.167. The molecule has 32 heavy (non-hydrogen) atoms. The van der Waals surface area contributed by atoms with Crippen LogP contribution in [0.3, 0.4) is 0 Å². The van der Waals surface area contributed by atoms with Crippen molar-refractivity contribution < 1.29 is 14.3 Å². The van der Waals surface area contributed by atoms with Crippen molar-refractivity contribution in [1.29, 1.82) is 0 Å². The summed E-state index contributed by atoms with van der Waals surface area (Å²) >= 11 is 0. The molecule has 0 spiro atoms. The van der Waals surface area contributed by atoms with Crippen molar-refractivity contribution in [3.8, 4) is 16.9 Å². The first kappa shape index (κ1) is 24.1. The highest BCUT2D eigenvalue weighted by Gasteiger charge is 2.22. The Kier molecular flexibility index (Phi) is 9.37. The second kappa shape index (κ2) is 12.5. The first-order chi connectivity index (χ1) is 15.6. The highest BCUT2D eigenvalue weighted by atomic mass is 16.5. The van der Waals surface area contributed by atoms with Gasteiger partial charge in [0.1, 0.15) is 12.4 Å². The summed E-state index contributed by atoms with van der Waals surface area (Å²) < 4.78 is 11.3. The normalized spacial score (nSPS) is 14.1. The summed E-state index contributed by atoms with van der Waals surface area (Å²) in [6, 6.07) is 5.77. The van der Waals surface area contributed by atoms with Crippen LogP contribution in [0.2, 0.25) is 0 Å². The molecule has 1 aliphatic carbocycles. The number of aromatic nitrogens is 2. The number of rotatable bonds is 12. The second-order valence-corrected chi connectivity index (χ2v) is 8.72. The fraction of sp³-hybridized carbons (Fsp3) is 0.583. The van der Waals surface area contributed by atoms with Gasteiger partial charge in [0.05, 0.1) is 11.9 Å². The van der Waals surface area contributed by atoms with Gasteiger partial charge in [-0.15, -0.1) is 0 Å². The maximum atomic E-state index is 13.2. The molecule has 1 heterocycles. The molecule has 2 aromatic rings. The van der Waals surface area contributed by atoms with Crippen molar-refractivity contribution in [3.63, 3.8) is 0 Å². The van der Waals surface area contributed by atoms with Gasteiger partial charge >= 0.3 is 6.03 Å². The van der Waals surface area contributed by atoms with Crippen molar-refractivity contribution in [1.82, 2.24) is 20.0 Å². The average molecular weight is 444 g/mol. The van der Waals surface area contributed by atoms with Gasteiger partial charge in [0, 0.05) is 45.1 Å². The minimum Gasteiger partial charge on any atom is -0.490 e. The van der Waals surface area contributed by atoms with Crippen LogP contribution < -0.4 is 10.1 Å². The van der Waals surface area contributed by atoms with Crippen molar-refractivity contribution in [2.75, 3.05) is 59.4 Å². The molecule has 1 aliphatic rings. The molecule has 8 nitrogen and oxygen atoms in total. The molecule has 1 aromatic carbocycles. The van der Waals surface area contributed by atoms with Crippen LogP contribution in [0.25, 0.3) is 11.1 Å². The molecule has 0 radical (unpaired) electrons. The summed E-state index contributed by atoms with van der Waals surface area (Å²) in [5.74, 6) is 1.25. The van der Waals surface area contributed by atoms with Crippen LogP contribution >= 0.6 is 0 Å². The van der Waals surface area contributed by atoms with Crippen LogP contribution in [0.5, 0.6) is 5.75 Å². The molecule has 3 rings (SSSR count). The summed E-state index contributed by atoms with van der Waals surface area (Å²) in [5, 5.41) is 9.98. The monoisotopic (exact) mass is 443 g/mol. The number of hydrogen-bond acceptors (Lipinski definition) is 5. The largest absolute Gasteiger partial charge is 0.490 e. The summed E-state index contributed by atoms with van der Waals surface area (Å²) in [4.78, 5) is 17.2. The van der Waals surface area contributed by atoms with Gasteiger partial charge in [0.25, 0.3) is 0 Å². The number of anilines is 1. The number of likely N-dealkylation sites (N-methyl/N-ethyl adjacent to an activating group) is 1. The quantitative estimate of drug-likeness (QED) is 0.483. The van der Waals surface area contributed by atoms with E-state index in [-0.39, 0.29) is 6.03 Å². The van der Waals surface area contributed by atoms with Crippen molar-refractivity contribution >= 4 is 11.7 Å². The standard InChI is InChI=1S/C24H37N5O3/c1-28(2)12-14-32-23-15-20(21-16-25-26-17-21)9-10-22(23)27-24(30)29(11-6-13-31-3)18-19-7-4-5-8-19/h9-10,15-17,19H,4-8,11-14,18H2,1-3H3,(H,25,26)(H,27,30). The number of ether oxygens (including phenoxy) is 2. The third-order valence-electron chi connectivity index (χ3n) is 5.87. The Morgan fingerprint density at radius 3 is 2.69 bits per heavy atom. The Balaban J connectivity index is 1.74. The Morgan fingerprint density at radius 2 is 2.00 bits per heavy atom. The van der Waals surface area contributed by atoms with Gasteiger partial charge < -0.3 is 24.6 Å². The van der Waals surface area contributed by atoms with Crippen molar-refractivity contribution in [3.05, 3.63) is 30.6 Å². The van der Waals surface area contributed by atoms with Gasteiger partial charge in [0.2, 0.25) is 0 Å². The molecule has 176 valence electrons. The summed E-state index contributed by atoms with van der Waals surface area (Å²) in [6.45, 7) is 3.44. The van der Waals surface area contributed by atoms with Crippen LogP contribution in [-0.2, 0) is 4.74 Å². The van der Waals surface area contributed by atoms with Crippen LogP contribution in [0.4, 0.5) is 10.5 Å². The molecule has 1 saturated carbocycles. The van der Waals surface area contributed by atoms with E-state index in [0.717, 1.165) is 30.6 Å². The summed E-state index contributed by atoms with van der Waals surface area (Å²) in [7, 11) is 5.71. The Labute approximate surface area is 191 Å². The van der Waals surface area contributed by atoms with Gasteiger partial charge in [-0.1, -0.05) is 18.9 Å². The van der Waals surface area contributed by atoms with E-state index in [1.807, 2.05) is 43.4 Å². The highest BCUT2D eigenvalue weighted by molar-refractivity contribution is 5.91. The van der Waals surface area contributed by atoms with Gasteiger partial charge in [-0.2, -0.15) is 5.10 Å². The molecular weight excluding hydrogens is 406 g/mol. The van der Waals surface area contributed by atoms with Crippen LogP contribution in [0, 0.1) is 5.92 Å². The SMILES string of the molecule is COCCCN(CC1CCCC1)C(=O)Nc1ccc(-c2cn[nH]c2)cc1OCCN(C)C. The number of nitrogens with one attached hydrogen (secondary N) is 2. The van der Waals surface area contributed by atoms with E-state index in [9.17, 15) is 4.79 Å². The predicted molar refractivity (Wildman–Crippen MR) is 127 cm³/mol. The average Bonchev–Trinajstić information content (AvgIpc) is 3.48. The molecule has 0 bridgehead atoms. The number of benzene rings is 1. The molecule has 0 aliphatic heterocycles. The number of aromatic amines is 1. The fourth-order valence-electron chi connectivity index (χ4n) is 4.05. The lowest BCUT2D eigenvalue weighted by Crippen LogP contribution is -2.39. The first-order valence-corrected chi connectivity index (χ1v) is 11.5. The van der Waals surface area contributed by atoms with E-state index in [4.69, 9.17) is 9.47 Å². The van der Waals surface area contributed by atoms with E-state index in [1.165, 1.54) is 25.7 Å². The third-order valence-corrected chi connectivity index (χ3v) is 5.87. The number of carbonyl (C=O) groups is 1. The topological polar surface area (TPSA) is 82.7 Å². The third kappa shape index (κ3) is 7.24. The van der Waals surface area contributed by atoms with Crippen LogP contribution in [0.15, 0.2) is 30.6 Å². The van der Waals surface area contributed by atoms with E-state index in [0.29, 0.717) is 37.1 Å². The number of urea groups is 1. The molecule has 1 fully saturated rings. The second-order valence-electron chi connectivity index (χ2n) is 8.72. The smallest absolute Gasteiger partial charge is 0.321 e. The zero-order valence-corrected chi connectivity index (χ0v) is 19.6. The lowest BCUT2D eigenvalue weighted by Gasteiger charge is -2.26. The summed E-state index contributed by atoms with van der Waals surface area (Å²) in [5.41, 5.74) is 2.64. The van der Waals surface area contributed by atoms with E-state index in [1.54, 1.807) is 13.3 Å². The number of hydrogen-bond donors (Lipinski definition) is 2. The van der Waals surface area contributed by atoms with Gasteiger partial charge in [-0.25, -0.2) is 4.79 Å². The van der Waals surface area contributed by atoms with Gasteiger partial charge in [-0.05, 0) is 57.0 Å². The number of nitrogens with zero attached hydrogens (tertiary/aromatic N) is 3. The molecule has 2 amide bonds. The molecule has 0 atom stereocenters. The van der Waals surface area contributed by atoms with Gasteiger partial charge in [-0.3, -0.25) is 5.10 Å². The van der Waals surface area contributed by atoms with Gasteiger partial charge in [0.15, 0.2) is 0 Å². The molecule has 0 unspecified atom stereocenters. The lowest BCUT2D eigenvalue weighted by atomic mass is 10.1. The van der Waals surface area contributed by atoms with E-state index < -0.39 is 0 Å². The van der Waals surface area contributed by atoms with Crippen molar-refractivity contribution in [2.45, 2.75) is 32.1 Å². The minimum atomic E-state index is -0.0819. The van der Waals surface area contributed by atoms with Crippen molar-refractivity contribution in [2.24, 2.45) is 5.92 Å². The molecule has 1 aromatic heterocycles. The molecular formula is C24H37N5O3. The maximum absolute atomic E-state index is 13.2. The highest BCUT2D eigenvalue weighted by Crippen LogP contribution is 2.31. The zero-order chi connectivity index (χ0) is 22.8. The zero-order valence-electron chi connectivity index (χ0n) is 19.6. The first-order valence-electron chi connectivity index (χ1n) is 11.5. The number of carbonyl (C=O) groups excluding carboxylic acids is 1. The Hall–Kier alpha value is -2.58. The molecule has 0 saturated heterocycles. The number of methoxy groups -OCH3 is 1. The molecule has 8 heteroatoms. The Morgan fingerprint density at radius 1 is 1.19 bits per heavy atom. The maximum Gasteiger partial charge on any atom is 0.321 e. The molecule has 2 N–H and O–H groups in total. The number of amides is 2. The number of H-pyrrole nitrogens is 1. The van der Waals surface area contributed by atoms with Crippen LogP contribution in [0.1, 0.15) is 32.1 Å². The summed E-state index contributed by atoms with van der Waals surface area (Å²) in [6.07, 6.45) is 9.36. The Bertz CT molecular complexity index is 819. The van der Waals surface area contributed by atoms with E-state index >= 15 is 0 Å². The van der Waals surface area contributed by atoms with Crippen LogP contribution in [-0.4, -0.2) is 80.1 Å².